The van der Waals surface area contributed by atoms with Crippen molar-refractivity contribution in [3.63, 3.8) is 0 Å². The molecule has 1 saturated heterocycles. The summed E-state index contributed by atoms with van der Waals surface area (Å²) >= 11 is 13.3. The lowest BCUT2D eigenvalue weighted by Crippen LogP contribution is -2.62. The van der Waals surface area contributed by atoms with E-state index in [0.717, 1.165) is 36.0 Å². The molecule has 0 saturated carbocycles. The summed E-state index contributed by atoms with van der Waals surface area (Å²) in [6.07, 6.45) is 2.91. The molecule has 0 radical (unpaired) electrons. The van der Waals surface area contributed by atoms with Crippen molar-refractivity contribution in [2.45, 2.75) is 155 Å². The fraction of sp³-hybridized carbons (Fsp3) is 0.483. The van der Waals surface area contributed by atoms with Crippen LogP contribution in [-0.4, -0.2) is 119 Å². The van der Waals surface area contributed by atoms with E-state index in [0.29, 0.717) is 21.7 Å². The number of nitrogens with zero attached hydrogens (tertiary/aromatic N) is 3. The number of benzene rings is 4. The van der Waals surface area contributed by atoms with Crippen molar-refractivity contribution in [1.82, 2.24) is 46.6 Å². The third-order valence-electron chi connectivity index (χ3n) is 15.5. The topological polar surface area (TPSA) is 201 Å². The number of hydrogen-bond donors (Lipinski definition) is 6. The Balaban J connectivity index is 1.14. The lowest BCUT2D eigenvalue weighted by atomic mass is 9.84. The number of rotatable bonds is 17. The van der Waals surface area contributed by atoms with E-state index in [1.807, 2.05) is 84.0 Å². The Kier molecular flexibility index (Phi) is 19.2. The van der Waals surface area contributed by atoms with Gasteiger partial charge < -0.3 is 46.6 Å². The van der Waals surface area contributed by atoms with Crippen LogP contribution in [0.5, 0.6) is 0 Å². The number of aryl methyl sites for hydroxylation is 1. The summed E-state index contributed by atoms with van der Waals surface area (Å²) in [5, 5.41) is 18.7. The van der Waals surface area contributed by atoms with E-state index in [1.54, 1.807) is 80.2 Å². The van der Waals surface area contributed by atoms with Crippen LogP contribution in [0.1, 0.15) is 124 Å². The highest BCUT2D eigenvalue weighted by Crippen LogP contribution is 2.34. The molecule has 2 heterocycles. The zero-order valence-electron chi connectivity index (χ0n) is 46.6. The minimum Gasteiger partial charge on any atom is -0.347 e. The van der Waals surface area contributed by atoms with Crippen molar-refractivity contribution in [3.05, 3.63) is 140 Å². The van der Waals surface area contributed by atoms with Gasteiger partial charge in [-0.05, 0) is 116 Å². The van der Waals surface area contributed by atoms with Gasteiger partial charge in [-0.25, -0.2) is 0 Å². The van der Waals surface area contributed by atoms with Gasteiger partial charge in [0, 0.05) is 44.2 Å². The molecule has 78 heavy (non-hydrogen) atoms. The number of carbonyl (C=O) groups excluding carboxylic acids is 7. The van der Waals surface area contributed by atoms with Crippen LogP contribution in [0, 0.1) is 10.8 Å². The van der Waals surface area contributed by atoms with Gasteiger partial charge in [0.05, 0.1) is 28.2 Å². The lowest BCUT2D eigenvalue weighted by molar-refractivity contribution is -0.151. The Bertz CT molecular complexity index is 2870. The molecular weight excluding hydrogens is 1030 g/mol. The van der Waals surface area contributed by atoms with E-state index >= 15 is 4.79 Å². The highest BCUT2D eigenvalue weighted by molar-refractivity contribution is 6.42. The second kappa shape index (κ2) is 25.2. The molecule has 8 atom stereocenters. The van der Waals surface area contributed by atoms with Gasteiger partial charge in [-0.3, -0.25) is 33.6 Å². The third kappa shape index (κ3) is 13.9. The predicted octanol–water partition coefficient (Wildman–Crippen LogP) is 6.65. The molecule has 7 rings (SSSR count). The molecule has 18 heteroatoms. The number of carbonyl (C=O) groups is 7. The van der Waals surface area contributed by atoms with Crippen LogP contribution < -0.4 is 31.9 Å². The Morgan fingerprint density at radius 2 is 1.24 bits per heavy atom. The van der Waals surface area contributed by atoms with Crippen LogP contribution in [0.4, 0.5) is 0 Å². The van der Waals surface area contributed by atoms with E-state index in [1.165, 1.54) is 10.5 Å². The normalized spacial score (nSPS) is 19.7. The number of fused-ring (bicyclic) bond motifs is 2. The van der Waals surface area contributed by atoms with Crippen molar-refractivity contribution in [2.75, 3.05) is 20.6 Å². The molecule has 4 aromatic carbocycles. The van der Waals surface area contributed by atoms with Crippen molar-refractivity contribution in [1.29, 1.82) is 0 Å². The molecule has 7 amide bonds. The van der Waals surface area contributed by atoms with Crippen molar-refractivity contribution >= 4 is 64.6 Å². The van der Waals surface area contributed by atoms with Crippen LogP contribution >= 0.6 is 23.2 Å². The minimum atomic E-state index is -0.979. The Morgan fingerprint density at radius 1 is 0.667 bits per heavy atom. The maximum Gasteiger partial charge on any atom is 0.251 e. The third-order valence-corrected chi connectivity index (χ3v) is 16.3. The Morgan fingerprint density at radius 3 is 1.85 bits per heavy atom. The summed E-state index contributed by atoms with van der Waals surface area (Å²) in [5.74, 6) is -2.63. The summed E-state index contributed by atoms with van der Waals surface area (Å²) in [6, 6.07) is 21.9. The fourth-order valence-electron chi connectivity index (χ4n) is 10.6. The average Bonchev–Trinajstić information content (AvgIpc) is 3.90. The van der Waals surface area contributed by atoms with Gasteiger partial charge in [-0.1, -0.05) is 138 Å². The zero-order chi connectivity index (χ0) is 56.8. The van der Waals surface area contributed by atoms with Crippen LogP contribution in [-0.2, 0) is 61.2 Å². The second-order valence-corrected chi connectivity index (χ2v) is 24.0. The maximum absolute atomic E-state index is 15.4. The number of hydrogen-bond acceptors (Lipinski definition) is 9. The molecule has 0 spiro atoms. The summed E-state index contributed by atoms with van der Waals surface area (Å²) in [5.41, 5.74) is 4.16. The number of likely N-dealkylation sites (N-methyl/N-ethyl adjacent to an activating group) is 2. The standard InChI is InChI=1S/C60H77Cl2N9O7/c1-35(63-9)52(72)67-50(59(3,4)5)57(77)70-33-41-19-12-11-18-40(41)29-48(70)56(76)69(32-42-21-15-23-45(61)49(42)62)31-37-25-27-39(28-26-37)54(74)65-43-30-47(55(75)66-46-24-16-20-38-17-13-14-22-44(38)46)71(34-43)58(78)51(60(6,7)8)68-53(73)36(2)64-10/h11-15,17-19,21-23,25-28,35-36,43,46-48,50-51,63-64H,16,20,24,29-34H2,1-10H3,(H,65,74)(H,66,75)(H,67,72)(H,68,73)/t35-,36-,43?,46+,47-,48?,50?,51+/m0/s1. The first-order valence-corrected chi connectivity index (χ1v) is 27.8. The average molecular weight is 1110 g/mol. The highest BCUT2D eigenvalue weighted by atomic mass is 35.5. The Hall–Kier alpha value is -6.33. The first-order valence-electron chi connectivity index (χ1n) is 27.0. The smallest absolute Gasteiger partial charge is 0.251 e. The molecule has 6 N–H and O–H groups in total. The molecule has 2 aliphatic heterocycles. The molecule has 16 nitrogen and oxygen atoms in total. The number of halogens is 2. The van der Waals surface area contributed by atoms with Gasteiger partial charge >= 0.3 is 0 Å². The van der Waals surface area contributed by atoms with Crippen LogP contribution in [0.25, 0.3) is 0 Å². The molecule has 1 fully saturated rings. The molecule has 418 valence electrons. The van der Waals surface area contributed by atoms with Crippen molar-refractivity contribution in [2.24, 2.45) is 10.8 Å². The van der Waals surface area contributed by atoms with Crippen LogP contribution in [0.2, 0.25) is 10.0 Å². The number of likely N-dealkylation sites (tertiary alicyclic amines) is 1. The van der Waals surface area contributed by atoms with Gasteiger partial charge in [0.2, 0.25) is 35.4 Å². The van der Waals surface area contributed by atoms with Gasteiger partial charge in [-0.2, -0.15) is 0 Å². The SMILES string of the molecule is CN[C@@H](C)C(=O)NC(C(=O)N1Cc2ccccc2CC1C(=O)N(Cc1ccc(C(=O)NC2C[C@@H](C(=O)N[C@@H]3CCCc4ccccc43)N(C(=O)[C@@H](NC(=O)[C@H](C)NC)C(C)(C)C)C2)cc1)Cc1cccc(Cl)c1Cl)C(C)(C)C. The van der Waals surface area contributed by atoms with E-state index in [2.05, 4.69) is 38.0 Å². The van der Waals surface area contributed by atoms with E-state index in [9.17, 15) is 28.8 Å². The summed E-state index contributed by atoms with van der Waals surface area (Å²) < 4.78 is 0. The molecule has 4 aromatic rings. The first kappa shape index (κ1) is 59.3. The highest BCUT2D eigenvalue weighted by Gasteiger charge is 2.47. The van der Waals surface area contributed by atoms with Gasteiger partial charge in [0.25, 0.3) is 5.91 Å². The molecule has 3 unspecified atom stereocenters. The van der Waals surface area contributed by atoms with E-state index < -0.39 is 64.9 Å². The molecule has 0 aromatic heterocycles. The Labute approximate surface area is 469 Å². The van der Waals surface area contributed by atoms with E-state index in [4.69, 9.17) is 23.2 Å². The summed E-state index contributed by atoms with van der Waals surface area (Å²) in [6.45, 7) is 14.9. The van der Waals surface area contributed by atoms with Crippen LogP contribution in [0.15, 0.2) is 91.0 Å². The van der Waals surface area contributed by atoms with Crippen LogP contribution in [0.3, 0.4) is 0 Å². The quantitative estimate of drug-likeness (QED) is 0.0670. The second-order valence-electron chi connectivity index (χ2n) is 23.3. The fourth-order valence-corrected chi connectivity index (χ4v) is 10.9. The monoisotopic (exact) mass is 1110 g/mol. The first-order chi connectivity index (χ1) is 36.9. The van der Waals surface area contributed by atoms with Gasteiger partial charge in [0.15, 0.2) is 0 Å². The van der Waals surface area contributed by atoms with Gasteiger partial charge in [0.1, 0.15) is 24.2 Å². The minimum absolute atomic E-state index is 0.0261. The molecule has 3 aliphatic rings. The van der Waals surface area contributed by atoms with Crippen molar-refractivity contribution < 1.29 is 33.6 Å². The van der Waals surface area contributed by atoms with Crippen molar-refractivity contribution in [3.8, 4) is 0 Å². The van der Waals surface area contributed by atoms with E-state index in [-0.39, 0.29) is 79.6 Å². The predicted molar refractivity (Wildman–Crippen MR) is 303 cm³/mol. The number of nitrogens with one attached hydrogen (secondary N) is 6. The summed E-state index contributed by atoms with van der Waals surface area (Å²) in [7, 11) is 3.33. The summed E-state index contributed by atoms with van der Waals surface area (Å²) in [4.78, 5) is 105. The maximum atomic E-state index is 15.4. The molecular formula is C60H77Cl2N9O7. The lowest BCUT2D eigenvalue weighted by Gasteiger charge is -2.42. The largest absolute Gasteiger partial charge is 0.347 e. The zero-order valence-corrected chi connectivity index (χ0v) is 48.1. The molecule has 1 aliphatic carbocycles. The number of amides is 7. The molecule has 0 bridgehead atoms. The van der Waals surface area contributed by atoms with Gasteiger partial charge in [-0.15, -0.1) is 0 Å².